The van der Waals surface area contributed by atoms with Crippen molar-refractivity contribution in [3.63, 3.8) is 0 Å². The molecule has 21 heavy (non-hydrogen) atoms. The van der Waals surface area contributed by atoms with Crippen LogP contribution in [0.5, 0.6) is 0 Å². The molecule has 0 radical (unpaired) electrons. The van der Waals surface area contributed by atoms with Crippen molar-refractivity contribution in [2.45, 2.75) is 12.5 Å². The molecule has 0 bridgehead atoms. The summed E-state index contributed by atoms with van der Waals surface area (Å²) in [4.78, 5) is 3.47. The Hall–Kier alpha value is -1.65. The van der Waals surface area contributed by atoms with Gasteiger partial charge in [0.25, 0.3) is 0 Å². The second-order valence-corrected chi connectivity index (χ2v) is 6.08. The van der Waals surface area contributed by atoms with E-state index >= 15 is 0 Å². The van der Waals surface area contributed by atoms with Gasteiger partial charge in [-0.05, 0) is 30.2 Å². The molecule has 1 aromatic heterocycles. The van der Waals surface area contributed by atoms with Crippen molar-refractivity contribution in [3.05, 3.63) is 69.6 Å². The van der Waals surface area contributed by atoms with E-state index in [1.807, 2.05) is 6.07 Å². The third-order valence-electron chi connectivity index (χ3n) is 3.99. The van der Waals surface area contributed by atoms with Gasteiger partial charge in [0.1, 0.15) is 11.9 Å². The van der Waals surface area contributed by atoms with Crippen LogP contribution in [0.1, 0.15) is 22.9 Å². The van der Waals surface area contributed by atoms with Crippen LogP contribution in [-0.2, 0) is 11.2 Å². The van der Waals surface area contributed by atoms with Gasteiger partial charge < -0.3 is 9.72 Å². The molecule has 4 rings (SSSR count). The minimum atomic E-state index is -0.252. The van der Waals surface area contributed by atoms with Crippen LogP contribution in [0.2, 0.25) is 0 Å². The van der Waals surface area contributed by atoms with Gasteiger partial charge >= 0.3 is 0 Å². The van der Waals surface area contributed by atoms with E-state index in [0.29, 0.717) is 6.61 Å². The summed E-state index contributed by atoms with van der Waals surface area (Å²) in [5.74, 6) is -0.252. The molecule has 1 unspecified atom stereocenters. The zero-order valence-corrected chi connectivity index (χ0v) is 12.8. The summed E-state index contributed by atoms with van der Waals surface area (Å²) in [6.07, 6.45) is 0.713. The fourth-order valence-corrected chi connectivity index (χ4v) is 3.59. The van der Waals surface area contributed by atoms with Crippen molar-refractivity contribution in [2.75, 3.05) is 6.61 Å². The molecule has 0 saturated heterocycles. The molecule has 0 fully saturated rings. The fraction of sp³-hybridized carbons (Fsp3) is 0.176. The molecule has 0 amide bonds. The molecule has 2 heterocycles. The standard InChI is InChI=1S/C17H13BrFNO/c18-14-9-10(19)5-6-13(14)17-16-12(7-8-21-17)11-3-1-2-4-15(11)20-16/h1-6,9,17,20H,7-8H2. The number of rotatable bonds is 1. The summed E-state index contributed by atoms with van der Waals surface area (Å²) in [6.45, 7) is 0.670. The molecule has 2 aromatic carbocycles. The van der Waals surface area contributed by atoms with E-state index in [0.717, 1.165) is 27.7 Å². The normalized spacial score (nSPS) is 17.9. The Morgan fingerprint density at radius 2 is 2.05 bits per heavy atom. The van der Waals surface area contributed by atoms with Gasteiger partial charge in [-0.1, -0.05) is 40.2 Å². The number of halogens is 2. The van der Waals surface area contributed by atoms with Crippen LogP contribution < -0.4 is 0 Å². The maximum Gasteiger partial charge on any atom is 0.124 e. The Balaban J connectivity index is 1.90. The minimum Gasteiger partial charge on any atom is -0.367 e. The molecule has 0 spiro atoms. The Labute approximate surface area is 130 Å². The monoisotopic (exact) mass is 345 g/mol. The molecule has 1 aliphatic rings. The van der Waals surface area contributed by atoms with E-state index in [-0.39, 0.29) is 11.9 Å². The van der Waals surface area contributed by atoms with Gasteiger partial charge in [0.15, 0.2) is 0 Å². The number of hydrogen-bond donors (Lipinski definition) is 1. The second kappa shape index (κ2) is 4.97. The summed E-state index contributed by atoms with van der Waals surface area (Å²) in [5.41, 5.74) is 4.45. The number of fused-ring (bicyclic) bond motifs is 3. The van der Waals surface area contributed by atoms with Gasteiger partial charge in [-0.2, -0.15) is 0 Å². The number of H-pyrrole nitrogens is 1. The van der Waals surface area contributed by atoms with E-state index in [4.69, 9.17) is 4.74 Å². The van der Waals surface area contributed by atoms with Gasteiger partial charge in [0.05, 0.1) is 12.3 Å². The van der Waals surface area contributed by atoms with Crippen molar-refractivity contribution >= 4 is 26.8 Å². The lowest BCUT2D eigenvalue weighted by Gasteiger charge is -2.24. The first-order chi connectivity index (χ1) is 10.2. The predicted molar refractivity (Wildman–Crippen MR) is 83.9 cm³/mol. The molecule has 0 saturated carbocycles. The van der Waals surface area contributed by atoms with Crippen molar-refractivity contribution in [1.82, 2.24) is 4.98 Å². The first-order valence-electron chi connectivity index (χ1n) is 6.90. The van der Waals surface area contributed by atoms with Crippen molar-refractivity contribution < 1.29 is 9.13 Å². The highest BCUT2D eigenvalue weighted by molar-refractivity contribution is 9.10. The Morgan fingerprint density at radius 3 is 2.90 bits per heavy atom. The van der Waals surface area contributed by atoms with Gasteiger partial charge in [0.2, 0.25) is 0 Å². The minimum absolute atomic E-state index is 0.184. The Bertz CT molecular complexity index is 827. The lowest BCUT2D eigenvalue weighted by molar-refractivity contribution is 0.0672. The number of aromatic nitrogens is 1. The largest absolute Gasteiger partial charge is 0.367 e. The molecule has 1 atom stereocenters. The van der Waals surface area contributed by atoms with Crippen molar-refractivity contribution in [1.29, 1.82) is 0 Å². The number of benzene rings is 2. The van der Waals surface area contributed by atoms with E-state index in [1.54, 1.807) is 6.07 Å². The number of para-hydroxylation sites is 1. The molecular formula is C17H13BrFNO. The summed E-state index contributed by atoms with van der Waals surface area (Å²) < 4.78 is 20.0. The lowest BCUT2D eigenvalue weighted by atomic mass is 9.98. The van der Waals surface area contributed by atoms with E-state index in [1.165, 1.54) is 23.1 Å². The van der Waals surface area contributed by atoms with Crippen LogP contribution in [0, 0.1) is 5.82 Å². The van der Waals surface area contributed by atoms with Crippen LogP contribution in [0.25, 0.3) is 10.9 Å². The van der Waals surface area contributed by atoms with Gasteiger partial charge in [-0.25, -0.2) is 4.39 Å². The molecule has 2 nitrogen and oxygen atoms in total. The number of hydrogen-bond acceptors (Lipinski definition) is 1. The van der Waals surface area contributed by atoms with E-state index in [9.17, 15) is 4.39 Å². The average molecular weight is 346 g/mol. The zero-order chi connectivity index (χ0) is 14.4. The van der Waals surface area contributed by atoms with Gasteiger partial charge in [0, 0.05) is 20.9 Å². The Kier molecular flexibility index (Phi) is 3.08. The first kappa shape index (κ1) is 13.0. The quantitative estimate of drug-likeness (QED) is 0.677. The smallest absolute Gasteiger partial charge is 0.124 e. The number of aromatic amines is 1. The van der Waals surface area contributed by atoms with Crippen LogP contribution in [0.3, 0.4) is 0 Å². The predicted octanol–water partition coefficient (Wildman–Crippen LogP) is 4.73. The van der Waals surface area contributed by atoms with Gasteiger partial charge in [-0.15, -0.1) is 0 Å². The number of ether oxygens (including phenoxy) is 1. The molecular weight excluding hydrogens is 333 g/mol. The highest BCUT2D eigenvalue weighted by atomic mass is 79.9. The topological polar surface area (TPSA) is 25.0 Å². The second-order valence-electron chi connectivity index (χ2n) is 5.23. The van der Waals surface area contributed by atoms with E-state index < -0.39 is 0 Å². The molecule has 4 heteroatoms. The third-order valence-corrected chi connectivity index (χ3v) is 4.68. The molecule has 0 aliphatic carbocycles. The summed E-state index contributed by atoms with van der Waals surface area (Å²) >= 11 is 3.44. The van der Waals surface area contributed by atoms with Crippen molar-refractivity contribution in [2.24, 2.45) is 0 Å². The van der Waals surface area contributed by atoms with Crippen molar-refractivity contribution in [3.8, 4) is 0 Å². The summed E-state index contributed by atoms with van der Waals surface area (Å²) in [5, 5.41) is 1.25. The zero-order valence-electron chi connectivity index (χ0n) is 11.2. The fourth-order valence-electron chi connectivity index (χ4n) is 3.04. The summed E-state index contributed by atoms with van der Waals surface area (Å²) in [6, 6.07) is 13.0. The first-order valence-corrected chi connectivity index (χ1v) is 7.69. The van der Waals surface area contributed by atoms with Crippen LogP contribution in [0.15, 0.2) is 46.9 Å². The highest BCUT2D eigenvalue weighted by Crippen LogP contribution is 2.38. The van der Waals surface area contributed by atoms with Crippen LogP contribution >= 0.6 is 15.9 Å². The van der Waals surface area contributed by atoms with E-state index in [2.05, 4.69) is 39.1 Å². The maximum absolute atomic E-state index is 13.3. The number of nitrogens with one attached hydrogen (secondary N) is 1. The Morgan fingerprint density at radius 1 is 1.19 bits per heavy atom. The average Bonchev–Trinajstić information content (AvgIpc) is 2.86. The maximum atomic E-state index is 13.3. The molecule has 106 valence electrons. The highest BCUT2D eigenvalue weighted by Gasteiger charge is 2.27. The molecule has 1 N–H and O–H groups in total. The third kappa shape index (κ3) is 2.10. The van der Waals surface area contributed by atoms with Gasteiger partial charge in [-0.3, -0.25) is 0 Å². The summed E-state index contributed by atoms with van der Waals surface area (Å²) in [7, 11) is 0. The van der Waals surface area contributed by atoms with Crippen LogP contribution in [-0.4, -0.2) is 11.6 Å². The SMILES string of the molecule is Fc1ccc(C2OCCc3c2[nH]c2ccccc32)c(Br)c1. The molecule has 1 aliphatic heterocycles. The molecule has 3 aromatic rings. The lowest BCUT2D eigenvalue weighted by Crippen LogP contribution is -2.17. The van der Waals surface area contributed by atoms with Crippen LogP contribution in [0.4, 0.5) is 4.39 Å².